The fourth-order valence-electron chi connectivity index (χ4n) is 3.17. The normalized spacial score (nSPS) is 23.4. The number of carbonyl (C=O) groups excluding carboxylic acids is 3. The Morgan fingerprint density at radius 1 is 1.32 bits per heavy atom. The minimum Gasteiger partial charge on any atom is -0.342 e. The minimum atomic E-state index is -0.686. The van der Waals surface area contributed by atoms with Crippen molar-refractivity contribution in [2.24, 2.45) is 5.92 Å². The lowest BCUT2D eigenvalue weighted by Gasteiger charge is -2.45. The van der Waals surface area contributed by atoms with Crippen LogP contribution in [0.2, 0.25) is 0 Å². The van der Waals surface area contributed by atoms with Crippen LogP contribution in [-0.2, 0) is 9.59 Å². The standard InChI is InChI=1S/C17H21FN4O3/c1-10(2)14-16(24)22-7-6-21(9-13(22)15(23)20-14)17(25)19-12-5-3-4-11(18)8-12/h3-5,8,10,13-14H,6-7,9H2,1-2H3,(H,19,25)(H,20,23)/t13-,14-/m1/s1. The number of halogens is 1. The maximum Gasteiger partial charge on any atom is 0.321 e. The molecule has 1 aromatic rings. The van der Waals surface area contributed by atoms with Crippen molar-refractivity contribution in [2.75, 3.05) is 25.0 Å². The summed E-state index contributed by atoms with van der Waals surface area (Å²) in [6.45, 7) is 4.50. The molecule has 0 aliphatic carbocycles. The first-order chi connectivity index (χ1) is 11.9. The van der Waals surface area contributed by atoms with Gasteiger partial charge in [0.25, 0.3) is 0 Å². The maximum absolute atomic E-state index is 13.2. The van der Waals surface area contributed by atoms with Gasteiger partial charge in [-0.15, -0.1) is 0 Å². The first-order valence-corrected chi connectivity index (χ1v) is 8.29. The number of anilines is 1. The highest BCUT2D eigenvalue weighted by atomic mass is 19.1. The van der Waals surface area contributed by atoms with Crippen LogP contribution in [0.5, 0.6) is 0 Å². The van der Waals surface area contributed by atoms with E-state index in [1.807, 2.05) is 13.8 Å². The molecule has 0 aromatic heterocycles. The zero-order valence-electron chi connectivity index (χ0n) is 14.2. The molecule has 4 amide bonds. The Labute approximate surface area is 145 Å². The van der Waals surface area contributed by atoms with Gasteiger partial charge in [-0.25, -0.2) is 9.18 Å². The molecule has 0 radical (unpaired) electrons. The van der Waals surface area contributed by atoms with Crippen LogP contribution in [0, 0.1) is 11.7 Å². The van der Waals surface area contributed by atoms with Crippen LogP contribution in [0.4, 0.5) is 14.9 Å². The van der Waals surface area contributed by atoms with Crippen molar-refractivity contribution in [2.45, 2.75) is 25.9 Å². The lowest BCUT2D eigenvalue weighted by atomic mass is 9.96. The number of nitrogens with zero attached hydrogens (tertiary/aromatic N) is 2. The summed E-state index contributed by atoms with van der Waals surface area (Å²) in [5, 5.41) is 5.36. The number of benzene rings is 1. The topological polar surface area (TPSA) is 81.8 Å². The maximum atomic E-state index is 13.2. The van der Waals surface area contributed by atoms with Crippen molar-refractivity contribution in [3.8, 4) is 0 Å². The molecule has 8 heteroatoms. The van der Waals surface area contributed by atoms with Crippen LogP contribution in [0.15, 0.2) is 24.3 Å². The second-order valence-electron chi connectivity index (χ2n) is 6.66. The van der Waals surface area contributed by atoms with Crippen molar-refractivity contribution in [1.29, 1.82) is 0 Å². The van der Waals surface area contributed by atoms with Gasteiger partial charge in [-0.2, -0.15) is 0 Å². The minimum absolute atomic E-state index is 0.00621. The molecule has 0 saturated carbocycles. The summed E-state index contributed by atoms with van der Waals surface area (Å²) in [5.74, 6) is -0.794. The monoisotopic (exact) mass is 348 g/mol. The van der Waals surface area contributed by atoms with Gasteiger partial charge in [-0.1, -0.05) is 19.9 Å². The second kappa shape index (κ2) is 6.70. The SMILES string of the molecule is CC(C)[C@H]1NC(=O)[C@H]2CN(C(=O)Nc3cccc(F)c3)CCN2C1=O. The van der Waals surface area contributed by atoms with Gasteiger partial charge < -0.3 is 20.4 Å². The van der Waals surface area contributed by atoms with Gasteiger partial charge >= 0.3 is 6.03 Å². The number of amides is 4. The van der Waals surface area contributed by atoms with Gasteiger partial charge in [0.15, 0.2) is 0 Å². The average molecular weight is 348 g/mol. The molecule has 0 spiro atoms. The molecule has 2 aliphatic rings. The molecule has 1 aromatic carbocycles. The first-order valence-electron chi connectivity index (χ1n) is 8.29. The number of fused-ring (bicyclic) bond motifs is 1. The molecular formula is C17H21FN4O3. The number of nitrogens with one attached hydrogen (secondary N) is 2. The van der Waals surface area contributed by atoms with Gasteiger partial charge in [0, 0.05) is 18.8 Å². The van der Waals surface area contributed by atoms with Crippen molar-refractivity contribution < 1.29 is 18.8 Å². The van der Waals surface area contributed by atoms with Crippen LogP contribution in [0.1, 0.15) is 13.8 Å². The summed E-state index contributed by atoms with van der Waals surface area (Å²) in [4.78, 5) is 40.2. The van der Waals surface area contributed by atoms with Crippen LogP contribution in [0.3, 0.4) is 0 Å². The molecule has 2 aliphatic heterocycles. The lowest BCUT2D eigenvalue weighted by Crippen LogP contribution is -2.70. The number of piperazine rings is 2. The third kappa shape index (κ3) is 3.42. The van der Waals surface area contributed by atoms with Gasteiger partial charge in [0.1, 0.15) is 17.9 Å². The predicted octanol–water partition coefficient (Wildman–Crippen LogP) is 1.02. The third-order valence-corrected chi connectivity index (χ3v) is 4.56. The van der Waals surface area contributed by atoms with Gasteiger partial charge in [0.05, 0.1) is 6.54 Å². The Kier molecular flexibility index (Phi) is 4.61. The molecule has 2 atom stereocenters. The van der Waals surface area contributed by atoms with Gasteiger partial charge in [-0.3, -0.25) is 9.59 Å². The van der Waals surface area contributed by atoms with E-state index in [4.69, 9.17) is 0 Å². The van der Waals surface area contributed by atoms with E-state index in [-0.39, 0.29) is 24.3 Å². The zero-order chi connectivity index (χ0) is 18.1. The number of urea groups is 1. The number of carbonyl (C=O) groups is 3. The van der Waals surface area contributed by atoms with E-state index >= 15 is 0 Å². The Morgan fingerprint density at radius 2 is 2.08 bits per heavy atom. The van der Waals surface area contributed by atoms with Crippen molar-refractivity contribution in [3.63, 3.8) is 0 Å². The quantitative estimate of drug-likeness (QED) is 0.837. The van der Waals surface area contributed by atoms with Crippen LogP contribution < -0.4 is 10.6 Å². The summed E-state index contributed by atoms with van der Waals surface area (Å²) in [5.41, 5.74) is 0.344. The Balaban J connectivity index is 1.67. The highest BCUT2D eigenvalue weighted by molar-refractivity contribution is 5.98. The summed E-state index contributed by atoms with van der Waals surface area (Å²) in [6, 6.07) is 3.97. The van der Waals surface area contributed by atoms with E-state index in [1.54, 1.807) is 11.0 Å². The lowest BCUT2D eigenvalue weighted by molar-refractivity contribution is -0.153. The van der Waals surface area contributed by atoms with Crippen LogP contribution >= 0.6 is 0 Å². The highest BCUT2D eigenvalue weighted by Gasteiger charge is 2.45. The zero-order valence-corrected chi connectivity index (χ0v) is 14.2. The van der Waals surface area contributed by atoms with E-state index in [1.165, 1.54) is 23.1 Å². The Morgan fingerprint density at radius 3 is 2.76 bits per heavy atom. The fourth-order valence-corrected chi connectivity index (χ4v) is 3.17. The molecule has 2 fully saturated rings. The summed E-state index contributed by atoms with van der Waals surface area (Å²) in [6.07, 6.45) is 0. The molecule has 7 nitrogen and oxygen atoms in total. The first kappa shape index (κ1) is 17.2. The van der Waals surface area contributed by atoms with Gasteiger partial charge in [0.2, 0.25) is 11.8 Å². The number of hydrogen-bond acceptors (Lipinski definition) is 3. The molecule has 0 unspecified atom stereocenters. The smallest absolute Gasteiger partial charge is 0.321 e. The molecule has 2 N–H and O–H groups in total. The van der Waals surface area contributed by atoms with Gasteiger partial charge in [-0.05, 0) is 24.1 Å². The molecular weight excluding hydrogens is 327 g/mol. The Bertz CT molecular complexity index is 709. The molecule has 25 heavy (non-hydrogen) atoms. The van der Waals surface area contributed by atoms with Crippen molar-refractivity contribution in [1.82, 2.24) is 15.1 Å². The predicted molar refractivity (Wildman–Crippen MR) is 89.3 cm³/mol. The van der Waals surface area contributed by atoms with E-state index in [9.17, 15) is 18.8 Å². The second-order valence-corrected chi connectivity index (χ2v) is 6.66. The molecule has 2 saturated heterocycles. The summed E-state index contributed by atoms with van der Waals surface area (Å²) in [7, 11) is 0. The molecule has 134 valence electrons. The van der Waals surface area contributed by atoms with Crippen LogP contribution in [-0.4, -0.2) is 59.4 Å². The van der Waals surface area contributed by atoms with Crippen molar-refractivity contribution >= 4 is 23.5 Å². The molecule has 2 heterocycles. The third-order valence-electron chi connectivity index (χ3n) is 4.56. The summed E-state index contributed by atoms with van der Waals surface area (Å²) < 4.78 is 13.2. The van der Waals surface area contributed by atoms with E-state index in [2.05, 4.69) is 10.6 Å². The number of rotatable bonds is 2. The molecule has 3 rings (SSSR count). The van der Waals surface area contributed by atoms with E-state index < -0.39 is 23.9 Å². The van der Waals surface area contributed by atoms with E-state index in [0.717, 1.165) is 0 Å². The molecule has 0 bridgehead atoms. The number of hydrogen-bond donors (Lipinski definition) is 2. The summed E-state index contributed by atoms with van der Waals surface area (Å²) >= 11 is 0. The largest absolute Gasteiger partial charge is 0.342 e. The van der Waals surface area contributed by atoms with Crippen molar-refractivity contribution in [3.05, 3.63) is 30.1 Å². The average Bonchev–Trinajstić information content (AvgIpc) is 2.57. The van der Waals surface area contributed by atoms with Crippen LogP contribution in [0.25, 0.3) is 0 Å². The highest BCUT2D eigenvalue weighted by Crippen LogP contribution is 2.20. The fraction of sp³-hybridized carbons (Fsp3) is 0.471. The Hall–Kier alpha value is -2.64. The van der Waals surface area contributed by atoms with E-state index in [0.29, 0.717) is 18.8 Å².